The molecule has 0 bridgehead atoms. The van der Waals surface area contributed by atoms with Crippen LogP contribution in [0.5, 0.6) is 0 Å². The van der Waals surface area contributed by atoms with Crippen molar-refractivity contribution in [1.82, 2.24) is 14.8 Å². The first-order valence-corrected chi connectivity index (χ1v) is 8.17. The molecule has 1 heterocycles. The monoisotopic (exact) mass is 298 g/mol. The minimum absolute atomic E-state index is 0.0146. The zero-order valence-corrected chi connectivity index (χ0v) is 12.6. The molecule has 20 heavy (non-hydrogen) atoms. The van der Waals surface area contributed by atoms with Crippen LogP contribution >= 0.6 is 11.8 Å². The number of carboxylic acid groups (broad SMARTS) is 1. The van der Waals surface area contributed by atoms with Crippen molar-refractivity contribution in [3.8, 4) is 0 Å². The van der Waals surface area contributed by atoms with E-state index in [2.05, 4.69) is 17.1 Å². The molecule has 1 aromatic heterocycles. The zero-order valence-electron chi connectivity index (χ0n) is 11.8. The Morgan fingerprint density at radius 1 is 1.45 bits per heavy atom. The summed E-state index contributed by atoms with van der Waals surface area (Å²) in [4.78, 5) is 10.7. The molecule has 1 saturated carbocycles. The number of aliphatic carboxylic acids is 1. The topological polar surface area (TPSA) is 94.0 Å². The summed E-state index contributed by atoms with van der Waals surface area (Å²) in [6.07, 6.45) is 7.22. The predicted octanol–water partition coefficient (Wildman–Crippen LogP) is 2.57. The molecular weight excluding hydrogens is 276 g/mol. The van der Waals surface area contributed by atoms with Crippen molar-refractivity contribution in [2.75, 3.05) is 11.5 Å². The number of hydrogen-bond donors (Lipinski definition) is 2. The molecule has 3 N–H and O–H groups in total. The molecule has 1 aromatic rings. The van der Waals surface area contributed by atoms with Crippen LogP contribution in [-0.2, 0) is 4.79 Å². The van der Waals surface area contributed by atoms with E-state index in [1.54, 1.807) is 0 Å². The van der Waals surface area contributed by atoms with Gasteiger partial charge in [0.1, 0.15) is 0 Å². The van der Waals surface area contributed by atoms with Gasteiger partial charge in [0, 0.05) is 6.04 Å². The number of hydrogen-bond acceptors (Lipinski definition) is 5. The fourth-order valence-electron chi connectivity index (χ4n) is 3.07. The predicted molar refractivity (Wildman–Crippen MR) is 78.7 cm³/mol. The summed E-state index contributed by atoms with van der Waals surface area (Å²) in [6, 6.07) is 0.279. The van der Waals surface area contributed by atoms with Gasteiger partial charge in [0.05, 0.1) is 5.75 Å². The molecule has 112 valence electrons. The van der Waals surface area contributed by atoms with Gasteiger partial charge in [0.25, 0.3) is 0 Å². The Labute approximate surface area is 123 Å². The largest absolute Gasteiger partial charge is 0.481 e. The van der Waals surface area contributed by atoms with Crippen LogP contribution in [0.2, 0.25) is 0 Å². The molecule has 0 amide bonds. The van der Waals surface area contributed by atoms with E-state index in [1.807, 2.05) is 4.57 Å². The quantitative estimate of drug-likeness (QED) is 0.784. The van der Waals surface area contributed by atoms with Crippen molar-refractivity contribution in [2.45, 2.75) is 56.6 Å². The van der Waals surface area contributed by atoms with Crippen LogP contribution in [0.3, 0.4) is 0 Å². The smallest absolute Gasteiger partial charge is 0.313 e. The molecule has 7 heteroatoms. The average molecular weight is 298 g/mol. The number of nitrogens with two attached hydrogens (primary N) is 1. The molecule has 1 aliphatic rings. The van der Waals surface area contributed by atoms with E-state index in [9.17, 15) is 4.79 Å². The maximum atomic E-state index is 10.7. The normalized spacial score (nSPS) is 18.1. The summed E-state index contributed by atoms with van der Waals surface area (Å²) in [5, 5.41) is 17.4. The number of aromatic nitrogens is 3. The van der Waals surface area contributed by atoms with Crippen molar-refractivity contribution in [1.29, 1.82) is 0 Å². The summed E-state index contributed by atoms with van der Waals surface area (Å²) in [7, 11) is 0. The third-order valence-electron chi connectivity index (χ3n) is 3.96. The Balaban J connectivity index is 2.19. The van der Waals surface area contributed by atoms with E-state index in [0.717, 1.165) is 6.42 Å². The summed E-state index contributed by atoms with van der Waals surface area (Å²) >= 11 is 1.19. The van der Waals surface area contributed by atoms with Gasteiger partial charge in [-0.05, 0) is 25.2 Å². The SMILES string of the molecule is CCC(C1CCCCC1)n1c(N)nnc1SCC(=O)O. The van der Waals surface area contributed by atoms with Gasteiger partial charge in [-0.25, -0.2) is 0 Å². The van der Waals surface area contributed by atoms with Crippen LogP contribution < -0.4 is 5.73 Å². The van der Waals surface area contributed by atoms with Gasteiger partial charge >= 0.3 is 5.97 Å². The first-order chi connectivity index (χ1) is 9.63. The zero-order chi connectivity index (χ0) is 14.5. The minimum atomic E-state index is -0.853. The molecule has 0 radical (unpaired) electrons. The van der Waals surface area contributed by atoms with Crippen molar-refractivity contribution in [3.05, 3.63) is 0 Å². The molecule has 1 fully saturated rings. The number of nitrogens with zero attached hydrogens (tertiary/aromatic N) is 3. The second-order valence-electron chi connectivity index (χ2n) is 5.27. The van der Waals surface area contributed by atoms with Gasteiger partial charge in [-0.15, -0.1) is 10.2 Å². The molecule has 0 aromatic carbocycles. The first-order valence-electron chi connectivity index (χ1n) is 7.18. The van der Waals surface area contributed by atoms with Crippen molar-refractivity contribution < 1.29 is 9.90 Å². The molecular formula is C13H22N4O2S. The molecule has 0 saturated heterocycles. The molecule has 6 nitrogen and oxygen atoms in total. The van der Waals surface area contributed by atoms with E-state index >= 15 is 0 Å². The van der Waals surface area contributed by atoms with Crippen molar-refractivity contribution in [3.63, 3.8) is 0 Å². The van der Waals surface area contributed by atoms with Gasteiger partial charge in [0.15, 0.2) is 5.16 Å². The molecule has 0 spiro atoms. The van der Waals surface area contributed by atoms with E-state index < -0.39 is 5.97 Å². The Kier molecular flexibility index (Phi) is 5.28. The van der Waals surface area contributed by atoms with Gasteiger partial charge in [-0.3, -0.25) is 9.36 Å². The van der Waals surface area contributed by atoms with Gasteiger partial charge in [-0.2, -0.15) is 0 Å². The van der Waals surface area contributed by atoms with E-state index in [-0.39, 0.29) is 11.8 Å². The average Bonchev–Trinajstić information content (AvgIpc) is 2.80. The number of carbonyl (C=O) groups is 1. The van der Waals surface area contributed by atoms with Gasteiger partial charge < -0.3 is 10.8 Å². The standard InChI is InChI=1S/C13H22N4O2S/c1-2-10(9-6-4-3-5-7-9)17-12(14)15-16-13(17)20-8-11(18)19/h9-10H,2-8H2,1H3,(H2,14,15)(H,18,19). The Bertz CT molecular complexity index is 457. The van der Waals surface area contributed by atoms with E-state index in [0.29, 0.717) is 17.0 Å². The second kappa shape index (κ2) is 6.97. The van der Waals surface area contributed by atoms with Crippen LogP contribution in [0.4, 0.5) is 5.95 Å². The second-order valence-corrected chi connectivity index (χ2v) is 6.21. The Hall–Kier alpha value is -1.24. The molecule has 1 atom stereocenters. The molecule has 0 aliphatic heterocycles. The number of nitrogen functional groups attached to an aromatic ring is 1. The first kappa shape index (κ1) is 15.2. The lowest BCUT2D eigenvalue weighted by atomic mass is 9.83. The fraction of sp³-hybridized carbons (Fsp3) is 0.769. The maximum absolute atomic E-state index is 10.7. The van der Waals surface area contributed by atoms with E-state index in [4.69, 9.17) is 10.8 Å². The summed E-state index contributed by atoms with van der Waals surface area (Å²) in [5.74, 6) is 0.125. The maximum Gasteiger partial charge on any atom is 0.313 e. The Morgan fingerprint density at radius 3 is 2.75 bits per heavy atom. The number of thioether (sulfide) groups is 1. The van der Waals surface area contributed by atoms with Crippen LogP contribution in [-0.4, -0.2) is 31.6 Å². The van der Waals surface area contributed by atoms with Gasteiger partial charge in [-0.1, -0.05) is 37.9 Å². The van der Waals surface area contributed by atoms with Crippen LogP contribution in [0, 0.1) is 5.92 Å². The van der Waals surface area contributed by atoms with Crippen molar-refractivity contribution in [2.24, 2.45) is 5.92 Å². The lowest BCUT2D eigenvalue weighted by Crippen LogP contribution is -2.23. The highest BCUT2D eigenvalue weighted by molar-refractivity contribution is 7.99. The molecule has 2 rings (SSSR count). The van der Waals surface area contributed by atoms with Crippen LogP contribution in [0.1, 0.15) is 51.5 Å². The minimum Gasteiger partial charge on any atom is -0.481 e. The number of carboxylic acids is 1. The highest BCUT2D eigenvalue weighted by Crippen LogP contribution is 2.37. The lowest BCUT2D eigenvalue weighted by molar-refractivity contribution is -0.133. The summed E-state index contributed by atoms with van der Waals surface area (Å²) in [5.41, 5.74) is 5.96. The summed E-state index contributed by atoms with van der Waals surface area (Å²) in [6.45, 7) is 2.14. The third kappa shape index (κ3) is 3.45. The third-order valence-corrected chi connectivity index (χ3v) is 4.89. The van der Waals surface area contributed by atoms with Crippen LogP contribution in [0.25, 0.3) is 0 Å². The number of rotatable bonds is 6. The van der Waals surface area contributed by atoms with Crippen molar-refractivity contribution >= 4 is 23.7 Å². The lowest BCUT2D eigenvalue weighted by Gasteiger charge is -2.31. The Morgan fingerprint density at radius 2 is 2.15 bits per heavy atom. The molecule has 1 unspecified atom stereocenters. The fourth-order valence-corrected chi connectivity index (χ4v) is 3.79. The van der Waals surface area contributed by atoms with E-state index in [1.165, 1.54) is 43.9 Å². The summed E-state index contributed by atoms with van der Waals surface area (Å²) < 4.78 is 1.95. The highest BCUT2D eigenvalue weighted by atomic mass is 32.2. The number of anilines is 1. The highest BCUT2D eigenvalue weighted by Gasteiger charge is 2.27. The molecule has 1 aliphatic carbocycles. The van der Waals surface area contributed by atoms with Crippen LogP contribution in [0.15, 0.2) is 5.16 Å². The van der Waals surface area contributed by atoms with Gasteiger partial charge in [0.2, 0.25) is 5.95 Å².